The SMILES string of the molecule is CN(C)c1cc(OCc2cccs2)cc(N(C)C)c1. The Morgan fingerprint density at radius 1 is 1.00 bits per heavy atom. The van der Waals surface area contributed by atoms with Crippen LogP contribution >= 0.6 is 11.3 Å². The number of thiophene rings is 1. The third-order valence-corrected chi connectivity index (χ3v) is 3.72. The minimum absolute atomic E-state index is 0.626. The standard InChI is InChI=1S/C15H20N2OS/c1-16(2)12-8-13(17(3)4)10-14(9-12)18-11-15-6-5-7-19-15/h5-10H,11H2,1-4H3. The normalized spacial score (nSPS) is 10.3. The minimum atomic E-state index is 0.626. The molecule has 0 aliphatic heterocycles. The van der Waals surface area contributed by atoms with Crippen molar-refractivity contribution < 1.29 is 4.74 Å². The molecule has 19 heavy (non-hydrogen) atoms. The number of hydrogen-bond acceptors (Lipinski definition) is 4. The van der Waals surface area contributed by atoms with Crippen molar-refractivity contribution in [2.45, 2.75) is 6.61 Å². The van der Waals surface area contributed by atoms with Crippen LogP contribution in [0, 0.1) is 0 Å². The maximum atomic E-state index is 5.89. The summed E-state index contributed by atoms with van der Waals surface area (Å²) < 4.78 is 5.89. The fourth-order valence-electron chi connectivity index (χ4n) is 1.72. The van der Waals surface area contributed by atoms with E-state index in [2.05, 4.69) is 39.4 Å². The maximum absolute atomic E-state index is 5.89. The molecule has 0 N–H and O–H groups in total. The molecular weight excluding hydrogens is 256 g/mol. The van der Waals surface area contributed by atoms with Crippen molar-refractivity contribution in [1.29, 1.82) is 0 Å². The molecule has 0 fully saturated rings. The molecule has 2 rings (SSSR count). The van der Waals surface area contributed by atoms with Crippen molar-refractivity contribution in [3.8, 4) is 5.75 Å². The molecule has 0 amide bonds. The maximum Gasteiger partial charge on any atom is 0.123 e. The summed E-state index contributed by atoms with van der Waals surface area (Å²) in [5, 5.41) is 2.07. The van der Waals surface area contributed by atoms with E-state index in [1.807, 2.05) is 34.3 Å². The molecule has 3 nitrogen and oxygen atoms in total. The third kappa shape index (κ3) is 3.64. The number of ether oxygens (including phenoxy) is 1. The van der Waals surface area contributed by atoms with E-state index in [9.17, 15) is 0 Å². The molecule has 0 aliphatic rings. The molecule has 0 radical (unpaired) electrons. The molecule has 0 aliphatic carbocycles. The van der Waals surface area contributed by atoms with Gasteiger partial charge in [-0.15, -0.1) is 11.3 Å². The van der Waals surface area contributed by atoms with E-state index >= 15 is 0 Å². The molecular formula is C15H20N2OS. The molecule has 0 atom stereocenters. The fourth-order valence-corrected chi connectivity index (χ4v) is 2.33. The van der Waals surface area contributed by atoms with Crippen LogP contribution in [0.2, 0.25) is 0 Å². The molecule has 4 heteroatoms. The summed E-state index contributed by atoms with van der Waals surface area (Å²) in [5.41, 5.74) is 2.29. The Bertz CT molecular complexity index is 495. The van der Waals surface area contributed by atoms with Gasteiger partial charge in [0.05, 0.1) is 0 Å². The lowest BCUT2D eigenvalue weighted by Gasteiger charge is -2.20. The van der Waals surface area contributed by atoms with Gasteiger partial charge in [-0.1, -0.05) is 6.07 Å². The highest BCUT2D eigenvalue weighted by molar-refractivity contribution is 7.09. The first-order valence-electron chi connectivity index (χ1n) is 6.21. The summed E-state index contributed by atoms with van der Waals surface area (Å²) in [6, 6.07) is 10.4. The summed E-state index contributed by atoms with van der Waals surface area (Å²) >= 11 is 1.72. The molecule has 1 aromatic carbocycles. The van der Waals surface area contributed by atoms with E-state index in [1.165, 1.54) is 4.88 Å². The lowest BCUT2D eigenvalue weighted by atomic mass is 10.2. The van der Waals surface area contributed by atoms with Gasteiger partial charge < -0.3 is 14.5 Å². The van der Waals surface area contributed by atoms with Gasteiger partial charge in [-0.3, -0.25) is 0 Å². The Kier molecular flexibility index (Phi) is 4.32. The molecule has 1 heterocycles. The number of rotatable bonds is 5. The summed E-state index contributed by atoms with van der Waals surface area (Å²) in [6.07, 6.45) is 0. The predicted molar refractivity (Wildman–Crippen MR) is 83.7 cm³/mol. The van der Waals surface area contributed by atoms with Crippen molar-refractivity contribution in [2.24, 2.45) is 0 Å². The molecule has 0 unspecified atom stereocenters. The van der Waals surface area contributed by atoms with E-state index in [-0.39, 0.29) is 0 Å². The average molecular weight is 276 g/mol. The van der Waals surface area contributed by atoms with Crippen LogP contribution in [0.4, 0.5) is 11.4 Å². The molecule has 1 aromatic heterocycles. The zero-order valence-corrected chi connectivity index (χ0v) is 12.7. The molecule has 0 spiro atoms. The number of hydrogen-bond donors (Lipinski definition) is 0. The van der Waals surface area contributed by atoms with Crippen LogP contribution < -0.4 is 14.5 Å². The summed E-state index contributed by atoms with van der Waals surface area (Å²) in [7, 11) is 8.16. The molecule has 102 valence electrons. The first kappa shape index (κ1) is 13.7. The molecule has 2 aromatic rings. The van der Waals surface area contributed by atoms with E-state index in [1.54, 1.807) is 11.3 Å². The number of nitrogens with zero attached hydrogens (tertiary/aromatic N) is 2. The van der Waals surface area contributed by atoms with E-state index in [4.69, 9.17) is 4.74 Å². The first-order valence-corrected chi connectivity index (χ1v) is 7.09. The van der Waals surface area contributed by atoms with Crippen LogP contribution in [-0.2, 0) is 6.61 Å². The number of benzene rings is 1. The van der Waals surface area contributed by atoms with E-state index in [0.717, 1.165) is 17.1 Å². The van der Waals surface area contributed by atoms with Gasteiger partial charge in [-0.05, 0) is 17.5 Å². The molecule has 0 saturated carbocycles. The zero-order valence-electron chi connectivity index (χ0n) is 11.9. The summed E-state index contributed by atoms with van der Waals surface area (Å²) in [4.78, 5) is 5.41. The lowest BCUT2D eigenvalue weighted by Crippen LogP contribution is -2.13. The van der Waals surface area contributed by atoms with Crippen LogP contribution in [-0.4, -0.2) is 28.2 Å². The highest BCUT2D eigenvalue weighted by Gasteiger charge is 2.06. The third-order valence-electron chi connectivity index (χ3n) is 2.87. The highest BCUT2D eigenvalue weighted by Crippen LogP contribution is 2.28. The van der Waals surface area contributed by atoms with Crippen LogP contribution in [0.15, 0.2) is 35.7 Å². The second-order valence-corrected chi connectivity index (χ2v) is 5.87. The van der Waals surface area contributed by atoms with Crippen LogP contribution in [0.25, 0.3) is 0 Å². The minimum Gasteiger partial charge on any atom is -0.488 e. The van der Waals surface area contributed by atoms with Gasteiger partial charge in [0.25, 0.3) is 0 Å². The van der Waals surface area contributed by atoms with Crippen molar-refractivity contribution in [1.82, 2.24) is 0 Å². The highest BCUT2D eigenvalue weighted by atomic mass is 32.1. The quantitative estimate of drug-likeness (QED) is 0.832. The van der Waals surface area contributed by atoms with Crippen molar-refractivity contribution in [2.75, 3.05) is 38.0 Å². The van der Waals surface area contributed by atoms with Gasteiger partial charge in [0.2, 0.25) is 0 Å². The first-order chi connectivity index (χ1) is 9.06. The second-order valence-electron chi connectivity index (χ2n) is 4.84. The van der Waals surface area contributed by atoms with Crippen molar-refractivity contribution >= 4 is 22.7 Å². The van der Waals surface area contributed by atoms with Gasteiger partial charge in [0, 0.05) is 56.6 Å². The van der Waals surface area contributed by atoms with Crippen LogP contribution in [0.5, 0.6) is 5.75 Å². The molecule has 0 saturated heterocycles. The Morgan fingerprint density at radius 2 is 1.63 bits per heavy atom. The second kappa shape index (κ2) is 5.97. The topological polar surface area (TPSA) is 15.7 Å². The fraction of sp³-hybridized carbons (Fsp3) is 0.333. The summed E-state index contributed by atoms with van der Waals surface area (Å²) in [6.45, 7) is 0.626. The van der Waals surface area contributed by atoms with E-state index < -0.39 is 0 Å². The van der Waals surface area contributed by atoms with Crippen molar-refractivity contribution in [3.63, 3.8) is 0 Å². The average Bonchev–Trinajstić information content (AvgIpc) is 2.89. The number of anilines is 2. The van der Waals surface area contributed by atoms with E-state index in [0.29, 0.717) is 6.61 Å². The van der Waals surface area contributed by atoms with Gasteiger partial charge >= 0.3 is 0 Å². The summed E-state index contributed by atoms with van der Waals surface area (Å²) in [5.74, 6) is 0.906. The van der Waals surface area contributed by atoms with Gasteiger partial charge in [-0.2, -0.15) is 0 Å². The predicted octanol–water partition coefficient (Wildman–Crippen LogP) is 3.46. The monoisotopic (exact) mass is 276 g/mol. The van der Waals surface area contributed by atoms with Crippen LogP contribution in [0.1, 0.15) is 4.88 Å². The van der Waals surface area contributed by atoms with Crippen molar-refractivity contribution in [3.05, 3.63) is 40.6 Å². The zero-order chi connectivity index (χ0) is 13.8. The Morgan fingerprint density at radius 3 is 2.11 bits per heavy atom. The van der Waals surface area contributed by atoms with Gasteiger partial charge in [-0.25, -0.2) is 0 Å². The van der Waals surface area contributed by atoms with Gasteiger partial charge in [0.15, 0.2) is 0 Å². The largest absolute Gasteiger partial charge is 0.488 e. The Balaban J connectivity index is 2.18. The molecule has 0 bridgehead atoms. The Labute approximate surface area is 119 Å². The smallest absolute Gasteiger partial charge is 0.123 e. The lowest BCUT2D eigenvalue weighted by molar-refractivity contribution is 0.310. The van der Waals surface area contributed by atoms with Gasteiger partial charge in [0.1, 0.15) is 12.4 Å². The Hall–Kier alpha value is -1.68. The van der Waals surface area contributed by atoms with Crippen LogP contribution in [0.3, 0.4) is 0 Å².